The number of benzene rings is 1. The van der Waals surface area contributed by atoms with E-state index in [1.807, 2.05) is 12.1 Å². The third kappa shape index (κ3) is 1.45. The third-order valence-corrected chi connectivity index (χ3v) is 3.30. The standard InChI is InChI=1S/C12H17NO/c1-8-6-9-7-10(14)4-5-11(9)13-12(8,2)3/h4-5,7-8,13-14H,6H2,1-3H3. The van der Waals surface area contributed by atoms with Gasteiger partial charge < -0.3 is 10.4 Å². The van der Waals surface area contributed by atoms with Gasteiger partial charge in [0.2, 0.25) is 0 Å². The smallest absolute Gasteiger partial charge is 0.116 e. The van der Waals surface area contributed by atoms with Gasteiger partial charge in [-0.1, -0.05) is 6.92 Å². The van der Waals surface area contributed by atoms with E-state index in [9.17, 15) is 5.11 Å². The maximum atomic E-state index is 9.38. The Bertz CT molecular complexity index is 357. The Morgan fingerprint density at radius 1 is 1.43 bits per heavy atom. The predicted molar refractivity (Wildman–Crippen MR) is 58.7 cm³/mol. The highest BCUT2D eigenvalue weighted by molar-refractivity contribution is 5.57. The van der Waals surface area contributed by atoms with Gasteiger partial charge in [-0.25, -0.2) is 0 Å². The molecule has 1 aliphatic rings. The van der Waals surface area contributed by atoms with Crippen LogP contribution in [0.4, 0.5) is 5.69 Å². The summed E-state index contributed by atoms with van der Waals surface area (Å²) in [5, 5.41) is 12.9. The van der Waals surface area contributed by atoms with E-state index in [1.54, 1.807) is 6.07 Å². The van der Waals surface area contributed by atoms with E-state index in [1.165, 1.54) is 5.56 Å². The van der Waals surface area contributed by atoms with E-state index in [-0.39, 0.29) is 5.54 Å². The molecule has 0 spiro atoms. The molecular weight excluding hydrogens is 174 g/mol. The Balaban J connectivity index is 2.41. The van der Waals surface area contributed by atoms with E-state index in [0.717, 1.165) is 12.1 Å². The van der Waals surface area contributed by atoms with Gasteiger partial charge in [0.1, 0.15) is 5.75 Å². The van der Waals surface area contributed by atoms with E-state index in [0.29, 0.717) is 11.7 Å². The molecule has 0 fully saturated rings. The lowest BCUT2D eigenvalue weighted by molar-refractivity contribution is 0.361. The van der Waals surface area contributed by atoms with Crippen LogP contribution in [0.5, 0.6) is 5.75 Å². The van der Waals surface area contributed by atoms with Gasteiger partial charge in [0, 0.05) is 11.2 Å². The van der Waals surface area contributed by atoms with Gasteiger partial charge in [-0.05, 0) is 49.9 Å². The number of nitrogens with one attached hydrogen (secondary N) is 1. The summed E-state index contributed by atoms with van der Waals surface area (Å²) in [7, 11) is 0. The lowest BCUT2D eigenvalue weighted by Gasteiger charge is -2.39. The van der Waals surface area contributed by atoms with Crippen molar-refractivity contribution in [2.45, 2.75) is 32.7 Å². The van der Waals surface area contributed by atoms with Gasteiger partial charge in [0.05, 0.1) is 0 Å². The number of anilines is 1. The fourth-order valence-electron chi connectivity index (χ4n) is 1.93. The Labute approximate surface area is 85.0 Å². The molecule has 1 atom stereocenters. The zero-order valence-electron chi connectivity index (χ0n) is 8.96. The van der Waals surface area contributed by atoms with Gasteiger partial charge in [0.15, 0.2) is 0 Å². The van der Waals surface area contributed by atoms with Crippen LogP contribution in [0.15, 0.2) is 18.2 Å². The van der Waals surface area contributed by atoms with Crippen LogP contribution >= 0.6 is 0 Å². The van der Waals surface area contributed by atoms with Crippen LogP contribution in [0, 0.1) is 5.92 Å². The molecule has 2 N–H and O–H groups in total. The highest BCUT2D eigenvalue weighted by atomic mass is 16.3. The number of hydrogen-bond donors (Lipinski definition) is 2. The maximum absolute atomic E-state index is 9.38. The summed E-state index contributed by atoms with van der Waals surface area (Å²) in [6, 6.07) is 5.55. The molecular formula is C12H17NO. The highest BCUT2D eigenvalue weighted by Gasteiger charge is 2.31. The average Bonchev–Trinajstić information content (AvgIpc) is 2.08. The molecule has 1 aromatic rings. The normalized spacial score (nSPS) is 23.8. The summed E-state index contributed by atoms with van der Waals surface area (Å²) in [4.78, 5) is 0. The summed E-state index contributed by atoms with van der Waals surface area (Å²) in [5.74, 6) is 0.939. The first-order valence-corrected chi connectivity index (χ1v) is 5.09. The quantitative estimate of drug-likeness (QED) is 0.618. The Kier molecular flexibility index (Phi) is 1.95. The number of phenols is 1. The summed E-state index contributed by atoms with van der Waals surface area (Å²) >= 11 is 0. The molecule has 2 rings (SSSR count). The molecule has 76 valence electrons. The second-order valence-corrected chi connectivity index (χ2v) is 4.79. The van der Waals surface area contributed by atoms with Gasteiger partial charge in [0.25, 0.3) is 0 Å². The van der Waals surface area contributed by atoms with Crippen molar-refractivity contribution >= 4 is 5.69 Å². The van der Waals surface area contributed by atoms with Gasteiger partial charge >= 0.3 is 0 Å². The number of rotatable bonds is 0. The van der Waals surface area contributed by atoms with Gasteiger partial charge in [-0.2, -0.15) is 0 Å². The molecule has 2 nitrogen and oxygen atoms in total. The van der Waals surface area contributed by atoms with Crippen molar-refractivity contribution in [3.8, 4) is 5.75 Å². The van der Waals surface area contributed by atoms with Crippen molar-refractivity contribution in [3.63, 3.8) is 0 Å². The van der Waals surface area contributed by atoms with Crippen LogP contribution in [0.25, 0.3) is 0 Å². The van der Waals surface area contributed by atoms with Crippen LogP contribution in [0.1, 0.15) is 26.3 Å². The largest absolute Gasteiger partial charge is 0.508 e. The van der Waals surface area contributed by atoms with Crippen molar-refractivity contribution < 1.29 is 5.11 Å². The average molecular weight is 191 g/mol. The lowest BCUT2D eigenvalue weighted by Crippen LogP contribution is -2.42. The first kappa shape index (κ1) is 9.38. The molecule has 0 amide bonds. The molecule has 1 aromatic carbocycles. The van der Waals surface area contributed by atoms with Crippen molar-refractivity contribution in [1.82, 2.24) is 0 Å². The molecule has 1 unspecified atom stereocenters. The molecule has 2 heteroatoms. The Morgan fingerprint density at radius 3 is 2.86 bits per heavy atom. The SMILES string of the molecule is CC1Cc2cc(O)ccc2NC1(C)C. The molecule has 1 aliphatic heterocycles. The summed E-state index contributed by atoms with van der Waals surface area (Å²) < 4.78 is 0. The minimum atomic E-state index is 0.143. The van der Waals surface area contributed by atoms with Crippen LogP contribution in [0.3, 0.4) is 0 Å². The molecule has 0 radical (unpaired) electrons. The minimum Gasteiger partial charge on any atom is -0.508 e. The molecule has 0 aliphatic carbocycles. The minimum absolute atomic E-state index is 0.143. The fourth-order valence-corrected chi connectivity index (χ4v) is 1.93. The second-order valence-electron chi connectivity index (χ2n) is 4.79. The van der Waals surface area contributed by atoms with E-state index < -0.39 is 0 Å². The Morgan fingerprint density at radius 2 is 2.14 bits per heavy atom. The number of phenolic OH excluding ortho intramolecular Hbond substituents is 1. The first-order chi connectivity index (χ1) is 6.49. The Hall–Kier alpha value is -1.18. The number of fused-ring (bicyclic) bond motifs is 1. The van der Waals surface area contributed by atoms with Gasteiger partial charge in [-0.15, -0.1) is 0 Å². The third-order valence-electron chi connectivity index (χ3n) is 3.30. The highest BCUT2D eigenvalue weighted by Crippen LogP contribution is 2.35. The zero-order chi connectivity index (χ0) is 10.3. The van der Waals surface area contributed by atoms with Crippen LogP contribution < -0.4 is 5.32 Å². The second kappa shape index (κ2) is 2.91. The molecule has 0 bridgehead atoms. The van der Waals surface area contributed by atoms with Crippen LogP contribution in [0.2, 0.25) is 0 Å². The van der Waals surface area contributed by atoms with E-state index >= 15 is 0 Å². The molecule has 0 saturated carbocycles. The summed E-state index contributed by atoms with van der Waals surface area (Å²) in [6.07, 6.45) is 1.03. The fraction of sp³-hybridized carbons (Fsp3) is 0.500. The number of aromatic hydroxyl groups is 1. The van der Waals surface area contributed by atoms with E-state index in [2.05, 4.69) is 26.1 Å². The van der Waals surface area contributed by atoms with Crippen molar-refractivity contribution in [2.24, 2.45) is 5.92 Å². The van der Waals surface area contributed by atoms with Crippen LogP contribution in [-0.2, 0) is 6.42 Å². The first-order valence-electron chi connectivity index (χ1n) is 5.09. The molecule has 14 heavy (non-hydrogen) atoms. The maximum Gasteiger partial charge on any atom is 0.116 e. The molecule has 0 aromatic heterocycles. The van der Waals surface area contributed by atoms with Crippen molar-refractivity contribution in [3.05, 3.63) is 23.8 Å². The van der Waals surface area contributed by atoms with Crippen molar-refractivity contribution in [1.29, 1.82) is 0 Å². The monoisotopic (exact) mass is 191 g/mol. The molecule has 0 saturated heterocycles. The van der Waals surface area contributed by atoms with Crippen molar-refractivity contribution in [2.75, 3.05) is 5.32 Å². The molecule has 1 heterocycles. The summed E-state index contributed by atoms with van der Waals surface area (Å²) in [5.41, 5.74) is 2.52. The van der Waals surface area contributed by atoms with E-state index in [4.69, 9.17) is 0 Å². The lowest BCUT2D eigenvalue weighted by atomic mass is 9.80. The topological polar surface area (TPSA) is 32.3 Å². The van der Waals surface area contributed by atoms with Crippen LogP contribution in [-0.4, -0.2) is 10.6 Å². The summed E-state index contributed by atoms with van der Waals surface area (Å²) in [6.45, 7) is 6.67. The predicted octanol–water partition coefficient (Wildman–Crippen LogP) is 2.77. The number of hydrogen-bond acceptors (Lipinski definition) is 2. The van der Waals surface area contributed by atoms with Gasteiger partial charge in [-0.3, -0.25) is 0 Å². The zero-order valence-corrected chi connectivity index (χ0v) is 8.96.